The van der Waals surface area contributed by atoms with E-state index in [1.807, 2.05) is 54.6 Å². The largest absolute Gasteiger partial charge is 0.345 e. The second kappa shape index (κ2) is 8.28. The number of fused-ring (bicyclic) bond motifs is 1. The molecule has 154 valence electrons. The van der Waals surface area contributed by atoms with Crippen molar-refractivity contribution in [2.24, 2.45) is 0 Å². The van der Waals surface area contributed by atoms with Gasteiger partial charge in [-0.3, -0.25) is 14.4 Å². The summed E-state index contributed by atoms with van der Waals surface area (Å²) in [4.78, 5) is 39.5. The van der Waals surface area contributed by atoms with Crippen LogP contribution in [0.4, 0.5) is 5.69 Å². The minimum Gasteiger partial charge on any atom is -0.345 e. The zero-order valence-electron chi connectivity index (χ0n) is 17.2. The number of pyridine rings is 1. The minimum absolute atomic E-state index is 0.138. The van der Waals surface area contributed by atoms with Crippen molar-refractivity contribution in [1.29, 1.82) is 0 Å². The lowest BCUT2D eigenvalue weighted by Gasteiger charge is -2.11. The first kappa shape index (κ1) is 20.1. The second-order valence-corrected chi connectivity index (χ2v) is 7.33. The number of ketones is 1. The Bertz CT molecular complexity index is 1270. The molecule has 0 aliphatic carbocycles. The van der Waals surface area contributed by atoms with Gasteiger partial charge in [-0.2, -0.15) is 0 Å². The maximum Gasteiger partial charge on any atom is 0.298 e. The van der Waals surface area contributed by atoms with Crippen LogP contribution >= 0.6 is 0 Å². The highest BCUT2D eigenvalue weighted by Gasteiger charge is 2.24. The lowest BCUT2D eigenvalue weighted by molar-refractivity contribution is -0.112. The van der Waals surface area contributed by atoms with Gasteiger partial charge in [-0.1, -0.05) is 36.4 Å². The Morgan fingerprint density at radius 3 is 2.19 bits per heavy atom. The van der Waals surface area contributed by atoms with E-state index in [4.69, 9.17) is 0 Å². The first-order valence-electron chi connectivity index (χ1n) is 9.78. The minimum atomic E-state index is -0.743. The number of anilines is 1. The summed E-state index contributed by atoms with van der Waals surface area (Å²) in [5.41, 5.74) is 3.62. The summed E-state index contributed by atoms with van der Waals surface area (Å²) < 4.78 is 1.73. The summed E-state index contributed by atoms with van der Waals surface area (Å²) in [6, 6.07) is 23.4. The summed E-state index contributed by atoms with van der Waals surface area (Å²) in [5.74, 6) is -1.52. The van der Waals surface area contributed by atoms with E-state index in [0.29, 0.717) is 22.5 Å². The number of aromatic nitrogens is 1. The number of benzene rings is 2. The molecule has 0 radical (unpaired) electrons. The van der Waals surface area contributed by atoms with E-state index >= 15 is 0 Å². The molecule has 0 atom stereocenters. The number of nitrogens with one attached hydrogen (secondary N) is 1. The highest BCUT2D eigenvalue weighted by molar-refractivity contribution is 6.47. The maximum atomic E-state index is 13.2. The molecule has 4 rings (SSSR count). The van der Waals surface area contributed by atoms with Crippen molar-refractivity contribution in [3.05, 3.63) is 96.3 Å². The average Bonchev–Trinajstić information content (AvgIpc) is 3.18. The standard InChI is InChI=1S/C25H21N3O3/c1-27(2)25(31)18-11-13-19(14-12-18)26-24(30)23(29)22-21(17-8-4-3-5-9-17)16-20-10-6-7-15-28(20)22/h3-16H,1-2H3,(H,26,30). The molecule has 0 aliphatic rings. The monoisotopic (exact) mass is 411 g/mol. The average molecular weight is 411 g/mol. The van der Waals surface area contributed by atoms with E-state index in [1.165, 1.54) is 4.90 Å². The Labute approximate surface area is 179 Å². The number of rotatable bonds is 5. The van der Waals surface area contributed by atoms with Crippen molar-refractivity contribution >= 4 is 28.8 Å². The van der Waals surface area contributed by atoms with Gasteiger partial charge in [0.2, 0.25) is 0 Å². The highest BCUT2D eigenvalue weighted by atomic mass is 16.2. The highest BCUT2D eigenvalue weighted by Crippen LogP contribution is 2.28. The summed E-state index contributed by atoms with van der Waals surface area (Å²) >= 11 is 0. The van der Waals surface area contributed by atoms with E-state index in [-0.39, 0.29) is 5.91 Å². The lowest BCUT2D eigenvalue weighted by Crippen LogP contribution is -2.25. The molecule has 6 heteroatoms. The lowest BCUT2D eigenvalue weighted by atomic mass is 10.0. The van der Waals surface area contributed by atoms with Crippen molar-refractivity contribution in [1.82, 2.24) is 9.30 Å². The van der Waals surface area contributed by atoms with Crippen LogP contribution in [0.5, 0.6) is 0 Å². The van der Waals surface area contributed by atoms with E-state index < -0.39 is 11.7 Å². The van der Waals surface area contributed by atoms with Crippen LogP contribution < -0.4 is 5.32 Å². The first-order valence-corrected chi connectivity index (χ1v) is 9.78. The summed E-state index contributed by atoms with van der Waals surface area (Å²) in [5, 5.41) is 2.64. The van der Waals surface area contributed by atoms with Crippen LogP contribution in [0.15, 0.2) is 85.1 Å². The van der Waals surface area contributed by atoms with Crippen molar-refractivity contribution in [3.63, 3.8) is 0 Å². The molecular weight excluding hydrogens is 390 g/mol. The quantitative estimate of drug-likeness (QED) is 0.397. The normalized spacial score (nSPS) is 10.6. The molecule has 0 bridgehead atoms. The van der Waals surface area contributed by atoms with Crippen molar-refractivity contribution < 1.29 is 14.4 Å². The zero-order chi connectivity index (χ0) is 22.0. The van der Waals surface area contributed by atoms with Crippen molar-refractivity contribution in [3.8, 4) is 11.1 Å². The molecule has 31 heavy (non-hydrogen) atoms. The number of hydrogen-bond donors (Lipinski definition) is 1. The number of Topliss-reactive ketones (excluding diaryl/α,β-unsaturated/α-hetero) is 1. The fourth-order valence-corrected chi connectivity index (χ4v) is 3.44. The third-order valence-electron chi connectivity index (χ3n) is 4.98. The van der Waals surface area contributed by atoms with Crippen LogP contribution in [-0.2, 0) is 4.79 Å². The molecule has 4 aromatic rings. The second-order valence-electron chi connectivity index (χ2n) is 7.33. The Hall–Kier alpha value is -4.19. The van der Waals surface area contributed by atoms with Gasteiger partial charge in [-0.05, 0) is 48.0 Å². The van der Waals surface area contributed by atoms with Gasteiger partial charge in [0.15, 0.2) is 0 Å². The van der Waals surface area contributed by atoms with Crippen LogP contribution in [0, 0.1) is 0 Å². The number of amides is 2. The third kappa shape index (κ3) is 3.96. The molecule has 2 aromatic heterocycles. The van der Waals surface area contributed by atoms with Gasteiger partial charge in [0, 0.05) is 42.6 Å². The first-order chi connectivity index (χ1) is 15.0. The number of nitrogens with zero attached hydrogens (tertiary/aromatic N) is 2. The molecule has 0 fully saturated rings. The van der Waals surface area contributed by atoms with Gasteiger partial charge in [0.05, 0.1) is 0 Å². The van der Waals surface area contributed by atoms with Gasteiger partial charge < -0.3 is 14.6 Å². The van der Waals surface area contributed by atoms with Gasteiger partial charge in [0.1, 0.15) is 5.69 Å². The predicted molar refractivity (Wildman–Crippen MR) is 120 cm³/mol. The van der Waals surface area contributed by atoms with Crippen LogP contribution in [-0.4, -0.2) is 41.0 Å². The van der Waals surface area contributed by atoms with Crippen LogP contribution in [0.1, 0.15) is 20.8 Å². The van der Waals surface area contributed by atoms with E-state index in [1.54, 1.807) is 49.0 Å². The Morgan fingerprint density at radius 2 is 1.52 bits per heavy atom. The van der Waals surface area contributed by atoms with Crippen LogP contribution in [0.3, 0.4) is 0 Å². The molecule has 0 saturated carbocycles. The van der Waals surface area contributed by atoms with E-state index in [0.717, 1.165) is 11.1 Å². The smallest absolute Gasteiger partial charge is 0.298 e. The molecule has 0 spiro atoms. The maximum absolute atomic E-state index is 13.2. The van der Waals surface area contributed by atoms with Gasteiger partial charge in [0.25, 0.3) is 17.6 Å². The van der Waals surface area contributed by atoms with Gasteiger partial charge in [-0.15, -0.1) is 0 Å². The molecule has 2 heterocycles. The van der Waals surface area contributed by atoms with Crippen molar-refractivity contribution in [2.75, 3.05) is 19.4 Å². The molecule has 0 aliphatic heterocycles. The van der Waals surface area contributed by atoms with Gasteiger partial charge in [-0.25, -0.2) is 0 Å². The number of carbonyl (C=O) groups is 3. The van der Waals surface area contributed by atoms with E-state index in [2.05, 4.69) is 5.32 Å². The summed E-state index contributed by atoms with van der Waals surface area (Å²) in [6.45, 7) is 0. The number of carbonyl (C=O) groups excluding carboxylic acids is 3. The molecule has 2 aromatic carbocycles. The van der Waals surface area contributed by atoms with Crippen LogP contribution in [0.25, 0.3) is 16.6 Å². The Kier molecular flexibility index (Phi) is 5.37. The van der Waals surface area contributed by atoms with Gasteiger partial charge >= 0.3 is 0 Å². The van der Waals surface area contributed by atoms with Crippen molar-refractivity contribution in [2.45, 2.75) is 0 Å². The third-order valence-corrected chi connectivity index (χ3v) is 4.98. The Morgan fingerprint density at radius 1 is 0.839 bits per heavy atom. The molecule has 1 N–H and O–H groups in total. The molecule has 2 amide bonds. The van der Waals surface area contributed by atoms with E-state index in [9.17, 15) is 14.4 Å². The fraction of sp³-hybridized carbons (Fsp3) is 0.0800. The molecule has 0 saturated heterocycles. The zero-order valence-corrected chi connectivity index (χ0v) is 17.2. The Balaban J connectivity index is 1.65. The predicted octanol–water partition coefficient (Wildman–Crippen LogP) is 4.13. The summed E-state index contributed by atoms with van der Waals surface area (Å²) in [7, 11) is 3.34. The fourth-order valence-electron chi connectivity index (χ4n) is 3.44. The molecule has 0 unspecified atom stereocenters. The molecule has 6 nitrogen and oxygen atoms in total. The van der Waals surface area contributed by atoms with Crippen LogP contribution in [0.2, 0.25) is 0 Å². The number of hydrogen-bond acceptors (Lipinski definition) is 3. The SMILES string of the molecule is CN(C)C(=O)c1ccc(NC(=O)C(=O)c2c(-c3ccccc3)cc3ccccn23)cc1. The molecular formula is C25H21N3O3. The summed E-state index contributed by atoms with van der Waals surface area (Å²) in [6.07, 6.45) is 1.77. The topological polar surface area (TPSA) is 70.9 Å².